The molecule has 1 aliphatic rings. The zero-order valence-electron chi connectivity index (χ0n) is 9.13. The topological polar surface area (TPSA) is 55.2 Å². The van der Waals surface area contributed by atoms with E-state index in [9.17, 15) is 10.1 Å². The summed E-state index contributed by atoms with van der Waals surface area (Å²) >= 11 is 0. The second-order valence-electron chi connectivity index (χ2n) is 4.25. The van der Waals surface area contributed by atoms with Crippen molar-refractivity contribution < 1.29 is 4.92 Å². The van der Waals surface area contributed by atoms with Gasteiger partial charge in [0.05, 0.1) is 6.04 Å². The van der Waals surface area contributed by atoms with Crippen LogP contribution in [0, 0.1) is 10.1 Å². The summed E-state index contributed by atoms with van der Waals surface area (Å²) in [5, 5.41) is 14.2. The van der Waals surface area contributed by atoms with Crippen LogP contribution in [0.3, 0.4) is 0 Å². The van der Waals surface area contributed by atoms with E-state index in [1.54, 1.807) is 0 Å². The fourth-order valence-electron chi connectivity index (χ4n) is 2.28. The second-order valence-corrected chi connectivity index (χ2v) is 4.25. The van der Waals surface area contributed by atoms with E-state index >= 15 is 0 Å². The molecule has 0 spiro atoms. The van der Waals surface area contributed by atoms with E-state index in [2.05, 4.69) is 5.32 Å². The minimum absolute atomic E-state index is 0.0221. The normalized spacial score (nSPS) is 25.0. The van der Waals surface area contributed by atoms with Gasteiger partial charge in [-0.2, -0.15) is 0 Å². The molecule has 4 nitrogen and oxygen atoms in total. The summed E-state index contributed by atoms with van der Waals surface area (Å²) in [6.45, 7) is 0. The summed E-state index contributed by atoms with van der Waals surface area (Å²) in [4.78, 5) is 10.8. The maximum absolute atomic E-state index is 10.9. The first-order chi connectivity index (χ1) is 7.77. The lowest BCUT2D eigenvalue weighted by Gasteiger charge is -2.26. The van der Waals surface area contributed by atoms with Crippen LogP contribution in [0.25, 0.3) is 0 Å². The Balaban J connectivity index is 2.04. The van der Waals surface area contributed by atoms with E-state index in [1.165, 1.54) is 0 Å². The van der Waals surface area contributed by atoms with E-state index in [0.29, 0.717) is 6.42 Å². The van der Waals surface area contributed by atoms with Crippen LogP contribution in [0.5, 0.6) is 0 Å². The van der Waals surface area contributed by atoms with Gasteiger partial charge in [0.15, 0.2) is 0 Å². The van der Waals surface area contributed by atoms with E-state index in [0.717, 1.165) is 24.9 Å². The van der Waals surface area contributed by atoms with Crippen molar-refractivity contribution >= 4 is 5.69 Å². The summed E-state index contributed by atoms with van der Waals surface area (Å²) in [6.07, 6.45) is 3.63. The molecule has 2 rings (SSSR count). The maximum Gasteiger partial charge on any atom is 0.232 e. The average molecular weight is 220 g/mol. The van der Waals surface area contributed by atoms with E-state index in [-0.39, 0.29) is 11.0 Å². The third-order valence-corrected chi connectivity index (χ3v) is 3.13. The number of anilines is 1. The molecule has 1 fully saturated rings. The van der Waals surface area contributed by atoms with Crippen LogP contribution in [0.4, 0.5) is 5.69 Å². The Hall–Kier alpha value is -1.58. The van der Waals surface area contributed by atoms with Gasteiger partial charge in [0.25, 0.3) is 0 Å². The van der Waals surface area contributed by atoms with Crippen LogP contribution in [0.2, 0.25) is 0 Å². The Labute approximate surface area is 94.8 Å². The Bertz CT molecular complexity index is 353. The number of hydrogen-bond donors (Lipinski definition) is 1. The Morgan fingerprint density at radius 3 is 2.56 bits per heavy atom. The lowest BCUT2D eigenvalue weighted by Crippen LogP contribution is -2.41. The van der Waals surface area contributed by atoms with Crippen molar-refractivity contribution in [2.24, 2.45) is 0 Å². The second kappa shape index (κ2) is 4.96. The van der Waals surface area contributed by atoms with Crippen LogP contribution in [0.15, 0.2) is 30.3 Å². The van der Waals surface area contributed by atoms with Crippen molar-refractivity contribution in [1.29, 1.82) is 0 Å². The van der Waals surface area contributed by atoms with E-state index in [4.69, 9.17) is 0 Å². The first-order valence-electron chi connectivity index (χ1n) is 5.72. The van der Waals surface area contributed by atoms with E-state index < -0.39 is 6.04 Å². The minimum Gasteiger partial charge on any atom is -0.376 e. The van der Waals surface area contributed by atoms with Crippen molar-refractivity contribution in [3.63, 3.8) is 0 Å². The molecule has 0 radical (unpaired) electrons. The van der Waals surface area contributed by atoms with Gasteiger partial charge in [-0.25, -0.2) is 0 Å². The number of nitrogens with zero attached hydrogens (tertiary/aromatic N) is 1. The van der Waals surface area contributed by atoms with Gasteiger partial charge in [0, 0.05) is 17.0 Å². The summed E-state index contributed by atoms with van der Waals surface area (Å²) in [5.41, 5.74) is 0.973. The van der Waals surface area contributed by atoms with Gasteiger partial charge in [-0.3, -0.25) is 10.1 Å². The molecule has 0 bridgehead atoms. The van der Waals surface area contributed by atoms with Gasteiger partial charge < -0.3 is 5.32 Å². The first-order valence-corrected chi connectivity index (χ1v) is 5.72. The number of hydrogen-bond acceptors (Lipinski definition) is 3. The molecule has 86 valence electrons. The van der Waals surface area contributed by atoms with Gasteiger partial charge in [0.1, 0.15) is 0 Å². The van der Waals surface area contributed by atoms with Crippen molar-refractivity contribution in [1.82, 2.24) is 0 Å². The zero-order valence-corrected chi connectivity index (χ0v) is 9.13. The molecule has 16 heavy (non-hydrogen) atoms. The Morgan fingerprint density at radius 1 is 1.19 bits per heavy atom. The van der Waals surface area contributed by atoms with Gasteiger partial charge in [-0.1, -0.05) is 24.6 Å². The molecule has 2 atom stereocenters. The molecule has 1 saturated carbocycles. The molecule has 0 heterocycles. The third-order valence-electron chi connectivity index (χ3n) is 3.13. The monoisotopic (exact) mass is 220 g/mol. The lowest BCUT2D eigenvalue weighted by atomic mass is 9.90. The summed E-state index contributed by atoms with van der Waals surface area (Å²) in [5.74, 6) is 0. The predicted octanol–water partition coefficient (Wildman–Crippen LogP) is 2.69. The minimum atomic E-state index is -0.436. The van der Waals surface area contributed by atoms with Crippen molar-refractivity contribution in [3.8, 4) is 0 Å². The number of benzene rings is 1. The van der Waals surface area contributed by atoms with Crippen molar-refractivity contribution in [2.45, 2.75) is 37.8 Å². The molecule has 4 heteroatoms. The SMILES string of the molecule is O=[N+]([O-])[C@@H]1CCCC[C@H]1Nc1ccccc1. The zero-order chi connectivity index (χ0) is 11.4. The molecule has 1 aromatic rings. The fourth-order valence-corrected chi connectivity index (χ4v) is 2.28. The predicted molar refractivity (Wildman–Crippen MR) is 63.1 cm³/mol. The molecular weight excluding hydrogens is 204 g/mol. The van der Waals surface area contributed by atoms with Crippen LogP contribution < -0.4 is 5.32 Å². The van der Waals surface area contributed by atoms with Crippen LogP contribution in [-0.4, -0.2) is 17.0 Å². The summed E-state index contributed by atoms with van der Waals surface area (Å²) in [6, 6.07) is 9.26. The number of rotatable bonds is 3. The lowest BCUT2D eigenvalue weighted by molar-refractivity contribution is -0.527. The largest absolute Gasteiger partial charge is 0.376 e. The smallest absolute Gasteiger partial charge is 0.232 e. The molecule has 1 aliphatic carbocycles. The van der Waals surface area contributed by atoms with Crippen molar-refractivity contribution in [2.75, 3.05) is 5.32 Å². The average Bonchev–Trinajstić information content (AvgIpc) is 2.31. The highest BCUT2D eigenvalue weighted by atomic mass is 16.6. The Morgan fingerprint density at radius 2 is 1.88 bits per heavy atom. The van der Waals surface area contributed by atoms with Gasteiger partial charge in [-0.05, 0) is 25.0 Å². The highest BCUT2D eigenvalue weighted by Gasteiger charge is 2.33. The van der Waals surface area contributed by atoms with Crippen molar-refractivity contribution in [3.05, 3.63) is 40.4 Å². The molecular formula is C12H16N2O2. The summed E-state index contributed by atoms with van der Waals surface area (Å²) < 4.78 is 0. The fraction of sp³-hybridized carbons (Fsp3) is 0.500. The quantitative estimate of drug-likeness (QED) is 0.629. The third kappa shape index (κ3) is 2.51. The van der Waals surface area contributed by atoms with Crippen LogP contribution in [-0.2, 0) is 0 Å². The number of para-hydroxylation sites is 1. The highest BCUT2D eigenvalue weighted by Crippen LogP contribution is 2.23. The highest BCUT2D eigenvalue weighted by molar-refractivity contribution is 5.43. The number of nitrogens with one attached hydrogen (secondary N) is 1. The van der Waals surface area contributed by atoms with E-state index in [1.807, 2.05) is 30.3 Å². The summed E-state index contributed by atoms with van der Waals surface area (Å²) in [7, 11) is 0. The molecule has 0 aliphatic heterocycles. The Kier molecular flexibility index (Phi) is 3.39. The first kappa shape index (κ1) is 10.9. The molecule has 0 amide bonds. The van der Waals surface area contributed by atoms with Gasteiger partial charge >= 0.3 is 0 Å². The van der Waals surface area contributed by atoms with Crippen LogP contribution in [0.1, 0.15) is 25.7 Å². The number of nitro groups is 1. The maximum atomic E-state index is 10.9. The molecule has 1 N–H and O–H groups in total. The molecule has 0 aromatic heterocycles. The molecule has 0 unspecified atom stereocenters. The molecule has 0 saturated heterocycles. The van der Waals surface area contributed by atoms with Gasteiger partial charge in [-0.15, -0.1) is 0 Å². The van der Waals surface area contributed by atoms with Gasteiger partial charge in [0.2, 0.25) is 6.04 Å². The standard InChI is InChI=1S/C12H16N2O2/c15-14(16)12-9-5-4-8-11(12)13-10-6-2-1-3-7-10/h1-3,6-7,11-13H,4-5,8-9H2/t11-,12-/m1/s1. The van der Waals surface area contributed by atoms with Crippen LogP contribution >= 0.6 is 0 Å². The molecule has 1 aromatic carbocycles.